The van der Waals surface area contributed by atoms with Crippen LogP contribution in [0.15, 0.2) is 40.9 Å². The van der Waals surface area contributed by atoms with Crippen molar-refractivity contribution in [1.82, 2.24) is 5.32 Å². The largest absolute Gasteiger partial charge is 0.493 e. The summed E-state index contributed by atoms with van der Waals surface area (Å²) in [4.78, 5) is 12.0. The second-order valence-corrected chi connectivity index (χ2v) is 6.43. The molecule has 4 nitrogen and oxygen atoms in total. The van der Waals surface area contributed by atoms with Crippen molar-refractivity contribution in [3.63, 3.8) is 0 Å². The summed E-state index contributed by atoms with van der Waals surface area (Å²) in [5.74, 6) is 1.27. The van der Waals surface area contributed by atoms with E-state index in [4.69, 9.17) is 21.1 Å². The van der Waals surface area contributed by atoms with E-state index in [1.807, 2.05) is 30.3 Å². The lowest BCUT2D eigenvalue weighted by Crippen LogP contribution is -2.27. The quantitative estimate of drug-likeness (QED) is 0.747. The summed E-state index contributed by atoms with van der Waals surface area (Å²) in [6, 6.07) is 11.1. The lowest BCUT2D eigenvalue weighted by Gasteiger charge is -2.12. The van der Waals surface area contributed by atoms with Crippen molar-refractivity contribution in [1.29, 1.82) is 0 Å². The second kappa shape index (κ2) is 8.94. The number of carbonyl (C=O) groups is 1. The van der Waals surface area contributed by atoms with Gasteiger partial charge >= 0.3 is 0 Å². The Morgan fingerprint density at radius 1 is 1.12 bits per heavy atom. The molecule has 0 aliphatic heterocycles. The Balaban J connectivity index is 1.92. The average molecular weight is 413 g/mol. The molecule has 0 fully saturated rings. The number of nitrogens with one attached hydrogen (secondary N) is 1. The fourth-order valence-electron chi connectivity index (χ4n) is 2.30. The van der Waals surface area contributed by atoms with E-state index in [9.17, 15) is 4.79 Å². The van der Waals surface area contributed by atoms with Crippen LogP contribution in [0.4, 0.5) is 0 Å². The van der Waals surface area contributed by atoms with Gasteiger partial charge in [0.2, 0.25) is 5.91 Å². The lowest BCUT2D eigenvalue weighted by atomic mass is 10.1. The average Bonchev–Trinajstić information content (AvgIpc) is 2.58. The van der Waals surface area contributed by atoms with Crippen LogP contribution in [0.3, 0.4) is 0 Å². The van der Waals surface area contributed by atoms with E-state index >= 15 is 0 Å². The number of benzene rings is 2. The van der Waals surface area contributed by atoms with Crippen molar-refractivity contribution in [3.05, 3.63) is 57.0 Å². The number of carbonyl (C=O) groups excluding carboxylic acids is 1. The molecule has 0 aliphatic rings. The molecule has 128 valence electrons. The Morgan fingerprint density at radius 2 is 1.79 bits per heavy atom. The van der Waals surface area contributed by atoms with Crippen LogP contribution < -0.4 is 14.8 Å². The number of hydrogen-bond acceptors (Lipinski definition) is 3. The number of halogens is 2. The Morgan fingerprint density at radius 3 is 2.46 bits per heavy atom. The third kappa shape index (κ3) is 4.89. The van der Waals surface area contributed by atoms with Gasteiger partial charge in [-0.2, -0.15) is 0 Å². The molecule has 0 saturated carbocycles. The molecule has 0 aromatic heterocycles. The molecule has 0 aliphatic carbocycles. The summed E-state index contributed by atoms with van der Waals surface area (Å²) in [6.45, 7) is 0.525. The van der Waals surface area contributed by atoms with E-state index in [0.717, 1.165) is 15.6 Å². The smallest absolute Gasteiger partial charge is 0.224 e. The molecule has 1 N–H and O–H groups in total. The van der Waals surface area contributed by atoms with Crippen molar-refractivity contribution in [2.75, 3.05) is 20.8 Å². The number of amides is 1. The van der Waals surface area contributed by atoms with Crippen LogP contribution in [0.25, 0.3) is 0 Å². The summed E-state index contributed by atoms with van der Waals surface area (Å²) in [6.07, 6.45) is 0.946. The zero-order valence-corrected chi connectivity index (χ0v) is 15.9. The molecule has 0 radical (unpaired) electrons. The van der Waals surface area contributed by atoms with Gasteiger partial charge in [0.25, 0.3) is 0 Å². The molecule has 2 aromatic carbocycles. The van der Waals surface area contributed by atoms with Crippen LogP contribution >= 0.6 is 27.5 Å². The summed E-state index contributed by atoms with van der Waals surface area (Å²) in [5.41, 5.74) is 1.86. The van der Waals surface area contributed by atoms with Crippen molar-refractivity contribution >= 4 is 33.4 Å². The lowest BCUT2D eigenvalue weighted by molar-refractivity contribution is -0.120. The first-order chi connectivity index (χ1) is 11.5. The first-order valence-corrected chi connectivity index (χ1v) is 8.62. The highest BCUT2D eigenvalue weighted by Crippen LogP contribution is 2.33. The number of ether oxygens (including phenoxy) is 2. The Kier molecular flexibility index (Phi) is 6.94. The highest BCUT2D eigenvalue weighted by atomic mass is 79.9. The highest BCUT2D eigenvalue weighted by molar-refractivity contribution is 9.10. The van der Waals surface area contributed by atoms with Crippen LogP contribution in [-0.2, 0) is 17.6 Å². The highest BCUT2D eigenvalue weighted by Gasteiger charge is 2.10. The molecule has 2 aromatic rings. The maximum atomic E-state index is 12.0. The van der Waals surface area contributed by atoms with Gasteiger partial charge in [0.1, 0.15) is 0 Å². The molecule has 24 heavy (non-hydrogen) atoms. The van der Waals surface area contributed by atoms with Crippen LogP contribution in [-0.4, -0.2) is 26.7 Å². The van der Waals surface area contributed by atoms with Crippen molar-refractivity contribution in [2.24, 2.45) is 0 Å². The minimum Gasteiger partial charge on any atom is -0.493 e. The number of hydrogen-bond donors (Lipinski definition) is 1. The maximum absolute atomic E-state index is 12.0. The molecule has 2 rings (SSSR count). The van der Waals surface area contributed by atoms with Crippen molar-refractivity contribution in [3.8, 4) is 11.5 Å². The van der Waals surface area contributed by atoms with E-state index in [1.165, 1.54) is 0 Å². The zero-order chi connectivity index (χ0) is 17.5. The van der Waals surface area contributed by atoms with Crippen LogP contribution in [0, 0.1) is 0 Å². The predicted octanol–water partition coefficient (Wildman–Crippen LogP) is 4.02. The zero-order valence-electron chi connectivity index (χ0n) is 13.6. The third-order valence-electron chi connectivity index (χ3n) is 3.58. The minimum atomic E-state index is -0.0558. The summed E-state index contributed by atoms with van der Waals surface area (Å²) in [7, 11) is 3.19. The van der Waals surface area contributed by atoms with Crippen LogP contribution in [0.1, 0.15) is 11.1 Å². The summed E-state index contributed by atoms with van der Waals surface area (Å²) in [5, 5.41) is 3.52. The fourth-order valence-corrected chi connectivity index (χ4v) is 3.02. The monoisotopic (exact) mass is 411 g/mol. The predicted molar refractivity (Wildman–Crippen MR) is 99.1 cm³/mol. The van der Waals surface area contributed by atoms with Gasteiger partial charge in [0, 0.05) is 16.0 Å². The second-order valence-electron chi connectivity index (χ2n) is 5.17. The number of methoxy groups -OCH3 is 2. The molecule has 0 bridgehead atoms. The fraction of sp³-hybridized carbons (Fsp3) is 0.278. The Labute approximate surface area is 155 Å². The molecule has 0 spiro atoms. The standard InChI is InChI=1S/C18H19BrClNO3/c1-23-16-9-12(14(19)11-17(16)24-2)7-8-21-18(22)10-13-5-3-4-6-15(13)20/h3-6,9,11H,7-8,10H2,1-2H3,(H,21,22). The number of rotatable bonds is 7. The molecule has 0 unspecified atom stereocenters. The molecule has 0 heterocycles. The van der Waals surface area contributed by atoms with E-state index < -0.39 is 0 Å². The van der Waals surface area contributed by atoms with Gasteiger partial charge in [0.05, 0.1) is 20.6 Å². The molecular formula is C18H19BrClNO3. The Hall–Kier alpha value is -1.72. The van der Waals surface area contributed by atoms with Crippen LogP contribution in [0.2, 0.25) is 5.02 Å². The van der Waals surface area contributed by atoms with E-state index in [1.54, 1.807) is 20.3 Å². The van der Waals surface area contributed by atoms with E-state index in [2.05, 4.69) is 21.2 Å². The topological polar surface area (TPSA) is 47.6 Å². The van der Waals surface area contributed by atoms with Gasteiger partial charge in [-0.1, -0.05) is 45.7 Å². The van der Waals surface area contributed by atoms with Gasteiger partial charge in [-0.15, -0.1) is 0 Å². The normalized spacial score (nSPS) is 10.3. The van der Waals surface area contributed by atoms with Gasteiger partial charge in [-0.25, -0.2) is 0 Å². The molecular weight excluding hydrogens is 394 g/mol. The van der Waals surface area contributed by atoms with Crippen LogP contribution in [0.5, 0.6) is 11.5 Å². The first-order valence-electron chi connectivity index (χ1n) is 7.45. The molecule has 6 heteroatoms. The van der Waals surface area contributed by atoms with Crippen molar-refractivity contribution < 1.29 is 14.3 Å². The first kappa shape index (κ1) is 18.6. The summed E-state index contributed by atoms with van der Waals surface area (Å²) >= 11 is 9.59. The van der Waals surface area contributed by atoms with Gasteiger partial charge in [0.15, 0.2) is 11.5 Å². The molecule has 1 amide bonds. The van der Waals surface area contributed by atoms with E-state index in [0.29, 0.717) is 29.5 Å². The SMILES string of the molecule is COc1cc(Br)c(CCNC(=O)Cc2ccccc2Cl)cc1OC. The molecule has 0 atom stereocenters. The molecule has 0 saturated heterocycles. The third-order valence-corrected chi connectivity index (χ3v) is 4.68. The Bertz CT molecular complexity index is 721. The minimum absolute atomic E-state index is 0.0558. The van der Waals surface area contributed by atoms with Gasteiger partial charge in [-0.3, -0.25) is 4.79 Å². The van der Waals surface area contributed by atoms with Gasteiger partial charge in [-0.05, 0) is 35.7 Å². The maximum Gasteiger partial charge on any atom is 0.224 e. The van der Waals surface area contributed by atoms with E-state index in [-0.39, 0.29) is 12.3 Å². The van der Waals surface area contributed by atoms with Crippen molar-refractivity contribution in [2.45, 2.75) is 12.8 Å². The summed E-state index contributed by atoms with van der Waals surface area (Å²) < 4.78 is 11.5. The van der Waals surface area contributed by atoms with Gasteiger partial charge < -0.3 is 14.8 Å².